The molecule has 0 fully saturated rings. The van der Waals surface area contributed by atoms with Crippen LogP contribution in [-0.2, 0) is 0 Å². The van der Waals surface area contributed by atoms with E-state index in [0.29, 0.717) is 11.8 Å². The maximum absolute atomic E-state index is 6.42. The van der Waals surface area contributed by atoms with Gasteiger partial charge in [0.25, 0.3) is 0 Å². The fourth-order valence-corrected chi connectivity index (χ4v) is 4.58. The van der Waals surface area contributed by atoms with Crippen LogP contribution in [0.1, 0.15) is 49.8 Å². The minimum atomic E-state index is -0.206. The molecular formula is C27H28O. The first-order valence-corrected chi connectivity index (χ1v) is 10.2. The van der Waals surface area contributed by atoms with E-state index in [4.69, 9.17) is 4.74 Å². The summed E-state index contributed by atoms with van der Waals surface area (Å²) in [5, 5.41) is 0. The molecular weight excluding hydrogens is 340 g/mol. The van der Waals surface area contributed by atoms with Crippen LogP contribution in [0.4, 0.5) is 0 Å². The van der Waals surface area contributed by atoms with E-state index in [9.17, 15) is 0 Å². The number of benzene rings is 3. The highest BCUT2D eigenvalue weighted by Gasteiger charge is 2.41. The lowest BCUT2D eigenvalue weighted by Gasteiger charge is -2.44. The number of rotatable bonds is 4. The van der Waals surface area contributed by atoms with Gasteiger partial charge < -0.3 is 4.74 Å². The van der Waals surface area contributed by atoms with Gasteiger partial charge in [-0.15, -0.1) is 0 Å². The van der Waals surface area contributed by atoms with Crippen LogP contribution in [0.3, 0.4) is 0 Å². The number of para-hydroxylation sites is 1. The fraction of sp³-hybridized carbons (Fsp3) is 0.259. The van der Waals surface area contributed by atoms with Crippen molar-refractivity contribution in [3.8, 4) is 5.75 Å². The Morgan fingerprint density at radius 3 is 1.93 bits per heavy atom. The molecule has 1 aliphatic rings. The summed E-state index contributed by atoms with van der Waals surface area (Å²) in [4.78, 5) is 0. The van der Waals surface area contributed by atoms with Crippen LogP contribution in [0.5, 0.6) is 5.75 Å². The molecule has 0 N–H and O–H groups in total. The second-order valence-electron chi connectivity index (χ2n) is 8.10. The molecule has 4 rings (SSSR count). The first-order valence-electron chi connectivity index (χ1n) is 10.2. The molecule has 0 amide bonds. The molecule has 0 spiro atoms. The van der Waals surface area contributed by atoms with Gasteiger partial charge in [0, 0.05) is 17.4 Å². The zero-order valence-corrected chi connectivity index (χ0v) is 16.9. The molecule has 1 heterocycles. The van der Waals surface area contributed by atoms with Crippen molar-refractivity contribution in [2.45, 2.75) is 38.7 Å². The van der Waals surface area contributed by atoms with Gasteiger partial charge in [-0.05, 0) is 43.0 Å². The van der Waals surface area contributed by atoms with Gasteiger partial charge in [-0.1, -0.05) is 91.9 Å². The number of allylic oxidation sites excluding steroid dienone is 1. The standard InChI is InChI=1S/C27H28O/c1-4-25-24(22-17-11-12-18-26(22)28-27(25,2)3)19-23(20-13-7-5-8-14-20)21-15-9-6-10-16-21/h5-19,24-25H,4H2,1-3H3/t24-,25?/m1/s1. The average molecular weight is 369 g/mol. The lowest BCUT2D eigenvalue weighted by Crippen LogP contribution is -2.43. The van der Waals surface area contributed by atoms with Crippen LogP contribution in [0.25, 0.3) is 5.57 Å². The average Bonchev–Trinajstić information content (AvgIpc) is 2.72. The monoisotopic (exact) mass is 368 g/mol. The Hall–Kier alpha value is -2.80. The molecule has 0 radical (unpaired) electrons. The number of fused-ring (bicyclic) bond motifs is 1. The maximum atomic E-state index is 6.42. The number of ether oxygens (including phenoxy) is 1. The van der Waals surface area contributed by atoms with E-state index in [2.05, 4.69) is 112 Å². The topological polar surface area (TPSA) is 9.23 Å². The predicted molar refractivity (Wildman–Crippen MR) is 118 cm³/mol. The van der Waals surface area contributed by atoms with Crippen LogP contribution < -0.4 is 4.74 Å². The Morgan fingerprint density at radius 2 is 1.36 bits per heavy atom. The van der Waals surface area contributed by atoms with Gasteiger partial charge >= 0.3 is 0 Å². The molecule has 0 aliphatic carbocycles. The zero-order chi connectivity index (χ0) is 19.6. The number of hydrogen-bond acceptors (Lipinski definition) is 1. The first-order chi connectivity index (χ1) is 13.6. The molecule has 3 aromatic rings. The van der Waals surface area contributed by atoms with Crippen molar-refractivity contribution in [1.82, 2.24) is 0 Å². The van der Waals surface area contributed by atoms with E-state index in [0.717, 1.165) is 12.2 Å². The van der Waals surface area contributed by atoms with Gasteiger partial charge in [0.2, 0.25) is 0 Å². The van der Waals surface area contributed by atoms with Crippen LogP contribution >= 0.6 is 0 Å². The van der Waals surface area contributed by atoms with E-state index in [1.807, 2.05) is 0 Å². The summed E-state index contributed by atoms with van der Waals surface area (Å²) in [5.41, 5.74) is 4.88. The van der Waals surface area contributed by atoms with Crippen LogP contribution in [0.15, 0.2) is 91.0 Å². The molecule has 0 aromatic heterocycles. The molecule has 0 saturated heterocycles. The Balaban J connectivity index is 1.91. The second kappa shape index (κ2) is 7.67. The molecule has 1 heteroatoms. The Kier molecular flexibility index (Phi) is 5.09. The van der Waals surface area contributed by atoms with Gasteiger partial charge in [0.05, 0.1) is 0 Å². The predicted octanol–water partition coefficient (Wildman–Crippen LogP) is 7.10. The molecule has 0 bridgehead atoms. The highest BCUT2D eigenvalue weighted by atomic mass is 16.5. The van der Waals surface area contributed by atoms with Crippen molar-refractivity contribution in [2.24, 2.45) is 5.92 Å². The third kappa shape index (κ3) is 3.49. The summed E-state index contributed by atoms with van der Waals surface area (Å²) in [5.74, 6) is 1.73. The van der Waals surface area contributed by atoms with Crippen molar-refractivity contribution >= 4 is 5.57 Å². The second-order valence-corrected chi connectivity index (χ2v) is 8.10. The van der Waals surface area contributed by atoms with Crippen molar-refractivity contribution < 1.29 is 4.74 Å². The Bertz CT molecular complexity index is 912. The van der Waals surface area contributed by atoms with Crippen molar-refractivity contribution in [3.63, 3.8) is 0 Å². The lowest BCUT2D eigenvalue weighted by molar-refractivity contribution is 0.0166. The molecule has 1 aliphatic heterocycles. The molecule has 1 unspecified atom stereocenters. The summed E-state index contributed by atoms with van der Waals surface area (Å²) < 4.78 is 6.42. The first kappa shape index (κ1) is 18.6. The smallest absolute Gasteiger partial charge is 0.123 e. The maximum Gasteiger partial charge on any atom is 0.123 e. The molecule has 142 valence electrons. The summed E-state index contributed by atoms with van der Waals surface area (Å²) in [6.45, 7) is 6.72. The normalized spacial score (nSPS) is 20.0. The van der Waals surface area contributed by atoms with Crippen LogP contribution in [0.2, 0.25) is 0 Å². The third-order valence-electron chi connectivity index (χ3n) is 5.93. The minimum Gasteiger partial charge on any atom is -0.487 e. The van der Waals surface area contributed by atoms with Crippen LogP contribution in [-0.4, -0.2) is 5.60 Å². The molecule has 2 atom stereocenters. The molecule has 0 saturated carbocycles. The van der Waals surface area contributed by atoms with E-state index < -0.39 is 0 Å². The van der Waals surface area contributed by atoms with Gasteiger partial charge in [-0.3, -0.25) is 0 Å². The van der Waals surface area contributed by atoms with E-state index in [-0.39, 0.29) is 5.60 Å². The van der Waals surface area contributed by atoms with Gasteiger partial charge in [-0.2, -0.15) is 0 Å². The van der Waals surface area contributed by atoms with Crippen LogP contribution in [0, 0.1) is 5.92 Å². The Labute approximate surface area is 168 Å². The summed E-state index contributed by atoms with van der Waals surface area (Å²) in [7, 11) is 0. The summed E-state index contributed by atoms with van der Waals surface area (Å²) in [6, 6.07) is 30.0. The van der Waals surface area contributed by atoms with E-state index in [1.54, 1.807) is 0 Å². The van der Waals surface area contributed by atoms with Crippen molar-refractivity contribution in [3.05, 3.63) is 108 Å². The summed E-state index contributed by atoms with van der Waals surface area (Å²) >= 11 is 0. The van der Waals surface area contributed by atoms with Crippen molar-refractivity contribution in [2.75, 3.05) is 0 Å². The SMILES string of the molecule is CCC1[C@H](C=C(c2ccccc2)c2ccccc2)c2ccccc2OC1(C)C. The van der Waals surface area contributed by atoms with E-state index in [1.165, 1.54) is 22.3 Å². The Morgan fingerprint density at radius 1 is 0.821 bits per heavy atom. The lowest BCUT2D eigenvalue weighted by atomic mass is 9.71. The third-order valence-corrected chi connectivity index (χ3v) is 5.93. The highest BCUT2D eigenvalue weighted by Crippen LogP contribution is 2.48. The van der Waals surface area contributed by atoms with Gasteiger partial charge in [0.15, 0.2) is 0 Å². The molecule has 3 aromatic carbocycles. The quantitative estimate of drug-likeness (QED) is 0.477. The fourth-order valence-electron chi connectivity index (χ4n) is 4.58. The molecule has 28 heavy (non-hydrogen) atoms. The largest absolute Gasteiger partial charge is 0.487 e. The van der Waals surface area contributed by atoms with Gasteiger partial charge in [-0.25, -0.2) is 0 Å². The zero-order valence-electron chi connectivity index (χ0n) is 16.9. The highest BCUT2D eigenvalue weighted by molar-refractivity contribution is 5.80. The van der Waals surface area contributed by atoms with E-state index >= 15 is 0 Å². The minimum absolute atomic E-state index is 0.206. The summed E-state index contributed by atoms with van der Waals surface area (Å²) in [6.07, 6.45) is 3.54. The molecule has 1 nitrogen and oxygen atoms in total. The van der Waals surface area contributed by atoms with Gasteiger partial charge in [0.1, 0.15) is 11.4 Å². The number of hydrogen-bond donors (Lipinski definition) is 0. The van der Waals surface area contributed by atoms with Crippen molar-refractivity contribution in [1.29, 1.82) is 0 Å².